The maximum atomic E-state index is 12.6. The molecular weight excluding hydrogens is 300 g/mol. The maximum Gasteiger partial charge on any atom is 0.236 e. The van der Waals surface area contributed by atoms with Crippen LogP contribution in [0.5, 0.6) is 0 Å². The summed E-state index contributed by atoms with van der Waals surface area (Å²) in [4.78, 5) is 16.7. The Hall–Kier alpha value is -2.14. The van der Waals surface area contributed by atoms with Gasteiger partial charge in [0.25, 0.3) is 0 Å². The lowest BCUT2D eigenvalue weighted by Crippen LogP contribution is -2.37. The van der Waals surface area contributed by atoms with E-state index >= 15 is 0 Å². The van der Waals surface area contributed by atoms with Crippen molar-refractivity contribution in [3.8, 4) is 0 Å². The van der Waals surface area contributed by atoms with Crippen molar-refractivity contribution in [2.45, 2.75) is 32.4 Å². The molecule has 0 unspecified atom stereocenters. The fourth-order valence-electron chi connectivity index (χ4n) is 3.36. The highest BCUT2D eigenvalue weighted by atomic mass is 16.2. The highest BCUT2D eigenvalue weighted by Crippen LogP contribution is 2.31. The zero-order valence-electron chi connectivity index (χ0n) is 14.8. The lowest BCUT2D eigenvalue weighted by molar-refractivity contribution is -0.131. The minimum absolute atomic E-state index is 0.173. The van der Waals surface area contributed by atoms with E-state index in [1.54, 1.807) is 0 Å². The molecule has 128 valence electrons. The van der Waals surface area contributed by atoms with Gasteiger partial charge in [-0.2, -0.15) is 5.10 Å². The third kappa shape index (κ3) is 3.85. The Morgan fingerprint density at radius 1 is 1.33 bits per heavy atom. The first-order chi connectivity index (χ1) is 11.5. The molecule has 1 aromatic carbocycles. The molecule has 1 atom stereocenters. The molecule has 3 rings (SSSR count). The zero-order valence-corrected chi connectivity index (χ0v) is 14.8. The maximum absolute atomic E-state index is 12.6. The van der Waals surface area contributed by atoms with E-state index in [2.05, 4.69) is 47.4 Å². The monoisotopic (exact) mass is 326 g/mol. The number of carbonyl (C=O) groups excluding carboxylic acids is 1. The summed E-state index contributed by atoms with van der Waals surface area (Å²) in [5.41, 5.74) is 3.62. The van der Waals surface area contributed by atoms with Crippen molar-refractivity contribution in [1.82, 2.24) is 19.6 Å². The van der Waals surface area contributed by atoms with Crippen molar-refractivity contribution in [3.05, 3.63) is 53.3 Å². The van der Waals surface area contributed by atoms with Crippen LogP contribution >= 0.6 is 0 Å². The topological polar surface area (TPSA) is 41.4 Å². The van der Waals surface area contributed by atoms with E-state index in [-0.39, 0.29) is 5.91 Å². The minimum Gasteiger partial charge on any atom is -0.340 e. The fraction of sp³-hybridized carbons (Fsp3) is 0.474. The van der Waals surface area contributed by atoms with Gasteiger partial charge in [0.1, 0.15) is 0 Å². The first-order valence-electron chi connectivity index (χ1n) is 8.55. The van der Waals surface area contributed by atoms with Crippen LogP contribution in [0.15, 0.2) is 36.7 Å². The standard InChI is InChI=1S/C19H26N4O/c1-15-6-8-16(9-7-15)12-21(2)19(24)14-23-10-4-5-18(23)17-11-20-22(3)13-17/h6-9,11,13,18H,4-5,10,12,14H2,1-3H3/t18-/m1/s1. The SMILES string of the molecule is Cc1ccc(CN(C)C(=O)CN2CCC[C@@H]2c2cnn(C)c2)cc1. The lowest BCUT2D eigenvalue weighted by Gasteiger charge is -2.26. The molecule has 1 saturated heterocycles. The molecule has 24 heavy (non-hydrogen) atoms. The molecule has 1 aliphatic heterocycles. The molecule has 5 heteroatoms. The van der Waals surface area contributed by atoms with Gasteiger partial charge in [-0.3, -0.25) is 14.4 Å². The molecule has 1 aromatic heterocycles. The molecule has 2 aromatic rings. The molecule has 1 amide bonds. The van der Waals surface area contributed by atoms with Crippen molar-refractivity contribution in [1.29, 1.82) is 0 Å². The molecule has 0 N–H and O–H groups in total. The number of benzene rings is 1. The average Bonchev–Trinajstić information content (AvgIpc) is 3.18. The number of hydrogen-bond donors (Lipinski definition) is 0. The molecule has 1 fully saturated rings. The Labute approximate surface area is 143 Å². The van der Waals surface area contributed by atoms with E-state index in [1.165, 1.54) is 16.7 Å². The summed E-state index contributed by atoms with van der Waals surface area (Å²) in [6, 6.07) is 8.68. The highest BCUT2D eigenvalue weighted by Gasteiger charge is 2.29. The van der Waals surface area contributed by atoms with Crippen LogP contribution in [-0.2, 0) is 18.4 Å². The molecule has 0 bridgehead atoms. The summed E-state index contributed by atoms with van der Waals surface area (Å²) in [6.07, 6.45) is 6.21. The van der Waals surface area contributed by atoms with Gasteiger partial charge in [0.05, 0.1) is 12.7 Å². The van der Waals surface area contributed by atoms with Gasteiger partial charge in [-0.25, -0.2) is 0 Å². The molecule has 2 heterocycles. The summed E-state index contributed by atoms with van der Waals surface area (Å²) >= 11 is 0. The molecule has 0 aliphatic carbocycles. The number of aryl methyl sites for hydroxylation is 2. The van der Waals surface area contributed by atoms with Crippen LogP contribution in [0.4, 0.5) is 0 Å². The second-order valence-corrected chi connectivity index (χ2v) is 6.81. The van der Waals surface area contributed by atoms with Crippen LogP contribution in [-0.4, -0.2) is 45.6 Å². The number of rotatable bonds is 5. The third-order valence-electron chi connectivity index (χ3n) is 4.78. The number of amides is 1. The highest BCUT2D eigenvalue weighted by molar-refractivity contribution is 5.78. The molecule has 0 spiro atoms. The van der Waals surface area contributed by atoms with Crippen molar-refractivity contribution < 1.29 is 4.79 Å². The predicted molar refractivity (Wildman–Crippen MR) is 94.4 cm³/mol. The van der Waals surface area contributed by atoms with Crippen LogP contribution in [0.2, 0.25) is 0 Å². The van der Waals surface area contributed by atoms with Gasteiger partial charge < -0.3 is 4.90 Å². The van der Waals surface area contributed by atoms with Gasteiger partial charge in [-0.05, 0) is 31.9 Å². The second kappa shape index (κ2) is 7.18. The second-order valence-electron chi connectivity index (χ2n) is 6.81. The Bertz CT molecular complexity index is 692. The Morgan fingerprint density at radius 2 is 2.08 bits per heavy atom. The van der Waals surface area contributed by atoms with Crippen LogP contribution in [0, 0.1) is 6.92 Å². The third-order valence-corrected chi connectivity index (χ3v) is 4.78. The van der Waals surface area contributed by atoms with E-state index in [9.17, 15) is 4.79 Å². The normalized spacial score (nSPS) is 18.0. The molecule has 0 saturated carbocycles. The van der Waals surface area contributed by atoms with E-state index in [4.69, 9.17) is 0 Å². The van der Waals surface area contributed by atoms with Crippen LogP contribution in [0.3, 0.4) is 0 Å². The summed E-state index contributed by atoms with van der Waals surface area (Å²) in [7, 11) is 3.82. The number of likely N-dealkylation sites (N-methyl/N-ethyl adjacent to an activating group) is 1. The first-order valence-corrected chi connectivity index (χ1v) is 8.55. The van der Waals surface area contributed by atoms with E-state index in [0.29, 0.717) is 19.1 Å². The van der Waals surface area contributed by atoms with Gasteiger partial charge in [0.15, 0.2) is 0 Å². The van der Waals surface area contributed by atoms with E-state index < -0.39 is 0 Å². The Balaban J connectivity index is 1.59. The van der Waals surface area contributed by atoms with E-state index in [0.717, 1.165) is 19.4 Å². The quantitative estimate of drug-likeness (QED) is 0.848. The Morgan fingerprint density at radius 3 is 2.75 bits per heavy atom. The molecule has 5 nitrogen and oxygen atoms in total. The van der Waals surface area contributed by atoms with Crippen molar-refractivity contribution in [2.75, 3.05) is 20.1 Å². The minimum atomic E-state index is 0.173. The van der Waals surface area contributed by atoms with Crippen LogP contribution in [0.1, 0.15) is 35.6 Å². The van der Waals surface area contributed by atoms with Crippen molar-refractivity contribution in [3.63, 3.8) is 0 Å². The van der Waals surface area contributed by atoms with Gasteiger partial charge in [0, 0.05) is 38.4 Å². The van der Waals surface area contributed by atoms with Gasteiger partial charge in [0.2, 0.25) is 5.91 Å². The molecule has 1 aliphatic rings. The first kappa shape index (κ1) is 16.7. The number of carbonyl (C=O) groups is 1. The largest absolute Gasteiger partial charge is 0.340 e. The van der Waals surface area contributed by atoms with Gasteiger partial charge >= 0.3 is 0 Å². The van der Waals surface area contributed by atoms with Gasteiger partial charge in [-0.1, -0.05) is 29.8 Å². The Kier molecular flexibility index (Phi) is 5.00. The fourth-order valence-corrected chi connectivity index (χ4v) is 3.36. The predicted octanol–water partition coefficient (Wildman–Crippen LogP) is 2.52. The average molecular weight is 326 g/mol. The summed E-state index contributed by atoms with van der Waals surface area (Å²) < 4.78 is 1.83. The molecular formula is C19H26N4O. The van der Waals surface area contributed by atoms with Crippen LogP contribution in [0.25, 0.3) is 0 Å². The van der Waals surface area contributed by atoms with Crippen LogP contribution < -0.4 is 0 Å². The summed E-state index contributed by atoms with van der Waals surface area (Å²) in [6.45, 7) is 4.18. The van der Waals surface area contributed by atoms with Gasteiger partial charge in [-0.15, -0.1) is 0 Å². The summed E-state index contributed by atoms with van der Waals surface area (Å²) in [5.74, 6) is 0.173. The molecule has 0 radical (unpaired) electrons. The zero-order chi connectivity index (χ0) is 17.1. The van der Waals surface area contributed by atoms with E-state index in [1.807, 2.05) is 29.9 Å². The number of aromatic nitrogens is 2. The lowest BCUT2D eigenvalue weighted by atomic mass is 10.1. The van der Waals surface area contributed by atoms with Crippen molar-refractivity contribution in [2.24, 2.45) is 7.05 Å². The number of nitrogens with zero attached hydrogens (tertiary/aromatic N) is 4. The smallest absolute Gasteiger partial charge is 0.236 e. The number of likely N-dealkylation sites (tertiary alicyclic amines) is 1. The number of hydrogen-bond acceptors (Lipinski definition) is 3. The van der Waals surface area contributed by atoms with Crippen molar-refractivity contribution >= 4 is 5.91 Å². The summed E-state index contributed by atoms with van der Waals surface area (Å²) in [5, 5.41) is 4.27.